The van der Waals surface area contributed by atoms with Crippen LogP contribution in [0.15, 0.2) is 0 Å². The van der Waals surface area contributed by atoms with Crippen LogP contribution < -0.4 is 10.6 Å². The van der Waals surface area contributed by atoms with Gasteiger partial charge in [-0.05, 0) is 64.7 Å². The Labute approximate surface area is 130 Å². The van der Waals surface area contributed by atoms with Crippen LogP contribution in [0.1, 0.15) is 51.9 Å². The van der Waals surface area contributed by atoms with Crippen molar-refractivity contribution in [1.29, 1.82) is 0 Å². The molecule has 21 heavy (non-hydrogen) atoms. The van der Waals surface area contributed by atoms with Crippen molar-refractivity contribution < 1.29 is 4.79 Å². The Kier molecular flexibility index (Phi) is 6.06. The van der Waals surface area contributed by atoms with Gasteiger partial charge >= 0.3 is 0 Å². The maximum atomic E-state index is 12.3. The predicted molar refractivity (Wildman–Crippen MR) is 87.3 cm³/mol. The van der Waals surface area contributed by atoms with E-state index >= 15 is 0 Å². The second-order valence-electron chi connectivity index (χ2n) is 7.39. The van der Waals surface area contributed by atoms with Gasteiger partial charge in [0.25, 0.3) is 0 Å². The minimum atomic E-state index is 0.200. The van der Waals surface area contributed by atoms with Gasteiger partial charge in [-0.15, -0.1) is 0 Å². The van der Waals surface area contributed by atoms with E-state index in [0.717, 1.165) is 19.6 Å². The summed E-state index contributed by atoms with van der Waals surface area (Å²) in [5.41, 5.74) is 0.200. The Hall–Kier alpha value is -0.610. The summed E-state index contributed by atoms with van der Waals surface area (Å²) < 4.78 is 0. The summed E-state index contributed by atoms with van der Waals surface area (Å²) in [6.45, 7) is 5.26. The van der Waals surface area contributed by atoms with Gasteiger partial charge in [-0.2, -0.15) is 0 Å². The molecule has 122 valence electrons. The monoisotopic (exact) mass is 295 g/mol. The molecule has 0 bridgehead atoms. The number of carbonyl (C=O) groups is 1. The number of hydrogen-bond donors (Lipinski definition) is 2. The molecule has 1 amide bonds. The third-order valence-corrected chi connectivity index (χ3v) is 5.74. The highest BCUT2D eigenvalue weighted by Gasteiger charge is 2.36. The van der Waals surface area contributed by atoms with Crippen molar-refractivity contribution in [3.63, 3.8) is 0 Å². The minimum absolute atomic E-state index is 0.200. The van der Waals surface area contributed by atoms with E-state index < -0.39 is 0 Å². The average molecular weight is 295 g/mol. The topological polar surface area (TPSA) is 44.4 Å². The van der Waals surface area contributed by atoms with Crippen LogP contribution in [-0.2, 0) is 4.79 Å². The maximum absolute atomic E-state index is 12.3. The zero-order chi connectivity index (χ0) is 15.3. The molecule has 1 aliphatic heterocycles. The van der Waals surface area contributed by atoms with Gasteiger partial charge in [-0.25, -0.2) is 0 Å². The van der Waals surface area contributed by atoms with Crippen LogP contribution in [0.3, 0.4) is 0 Å². The molecule has 0 radical (unpaired) electrons. The number of nitrogens with one attached hydrogen (secondary N) is 2. The number of hydrogen-bond acceptors (Lipinski definition) is 3. The lowest BCUT2D eigenvalue weighted by atomic mass is 9.85. The molecular weight excluding hydrogens is 262 g/mol. The van der Waals surface area contributed by atoms with Crippen molar-refractivity contribution in [2.45, 2.75) is 57.4 Å². The third-order valence-electron chi connectivity index (χ3n) is 5.74. The van der Waals surface area contributed by atoms with E-state index in [1.54, 1.807) is 0 Å². The number of carbonyl (C=O) groups excluding carboxylic acids is 1. The molecule has 1 aliphatic carbocycles. The van der Waals surface area contributed by atoms with Crippen LogP contribution >= 0.6 is 0 Å². The zero-order valence-corrected chi connectivity index (χ0v) is 14.1. The fourth-order valence-electron chi connectivity index (χ4n) is 3.97. The van der Waals surface area contributed by atoms with Crippen molar-refractivity contribution in [3.05, 3.63) is 0 Å². The summed E-state index contributed by atoms with van der Waals surface area (Å²) in [6, 6.07) is 0. The van der Waals surface area contributed by atoms with E-state index in [9.17, 15) is 4.79 Å². The second kappa shape index (κ2) is 7.59. The molecule has 0 spiro atoms. The first-order chi connectivity index (χ1) is 10.0. The fraction of sp³-hybridized carbons (Fsp3) is 0.941. The lowest BCUT2D eigenvalue weighted by molar-refractivity contribution is -0.122. The quantitative estimate of drug-likeness (QED) is 0.788. The second-order valence-corrected chi connectivity index (χ2v) is 7.39. The van der Waals surface area contributed by atoms with Gasteiger partial charge in [-0.1, -0.05) is 19.8 Å². The smallest absolute Gasteiger partial charge is 0.220 e. The van der Waals surface area contributed by atoms with Crippen molar-refractivity contribution in [2.75, 3.05) is 33.7 Å². The van der Waals surface area contributed by atoms with Crippen LogP contribution in [0.25, 0.3) is 0 Å². The van der Waals surface area contributed by atoms with E-state index in [1.807, 2.05) is 0 Å². The lowest BCUT2D eigenvalue weighted by Crippen LogP contribution is -2.51. The number of piperidine rings is 1. The molecule has 2 aliphatic rings. The zero-order valence-electron chi connectivity index (χ0n) is 14.1. The molecule has 0 aromatic carbocycles. The van der Waals surface area contributed by atoms with E-state index in [-0.39, 0.29) is 11.4 Å². The Morgan fingerprint density at radius 3 is 2.62 bits per heavy atom. The van der Waals surface area contributed by atoms with E-state index in [0.29, 0.717) is 18.3 Å². The predicted octanol–water partition coefficient (Wildman–Crippen LogP) is 2.00. The lowest BCUT2D eigenvalue weighted by Gasteiger charge is -2.36. The van der Waals surface area contributed by atoms with E-state index in [2.05, 4.69) is 36.6 Å². The normalized spacial score (nSPS) is 26.8. The Balaban J connectivity index is 1.76. The van der Waals surface area contributed by atoms with Crippen molar-refractivity contribution in [2.24, 2.45) is 11.8 Å². The molecule has 0 aromatic heterocycles. The molecular formula is C17H33N3O. The van der Waals surface area contributed by atoms with Crippen molar-refractivity contribution in [3.8, 4) is 0 Å². The van der Waals surface area contributed by atoms with Gasteiger partial charge in [0, 0.05) is 18.5 Å². The molecule has 2 N–H and O–H groups in total. The van der Waals surface area contributed by atoms with Gasteiger partial charge in [0.15, 0.2) is 0 Å². The van der Waals surface area contributed by atoms with E-state index in [4.69, 9.17) is 0 Å². The average Bonchev–Trinajstić information content (AvgIpc) is 2.96. The largest absolute Gasteiger partial charge is 0.354 e. The van der Waals surface area contributed by atoms with Crippen LogP contribution in [0.2, 0.25) is 0 Å². The maximum Gasteiger partial charge on any atom is 0.220 e. The highest BCUT2D eigenvalue weighted by Crippen LogP contribution is 2.33. The van der Waals surface area contributed by atoms with Gasteiger partial charge in [0.05, 0.1) is 0 Å². The summed E-state index contributed by atoms with van der Waals surface area (Å²) in [5, 5.41) is 6.66. The van der Waals surface area contributed by atoms with Crippen molar-refractivity contribution in [1.82, 2.24) is 15.5 Å². The molecule has 2 fully saturated rings. The van der Waals surface area contributed by atoms with E-state index in [1.165, 1.54) is 38.5 Å². The molecule has 1 saturated heterocycles. The number of amides is 1. The highest BCUT2D eigenvalue weighted by atomic mass is 16.1. The summed E-state index contributed by atoms with van der Waals surface area (Å²) in [6.07, 6.45) is 8.19. The molecule has 4 heteroatoms. The first kappa shape index (κ1) is 16.8. The Bertz CT molecular complexity index is 331. The third kappa shape index (κ3) is 4.43. The molecule has 1 heterocycles. The van der Waals surface area contributed by atoms with Crippen LogP contribution in [0.5, 0.6) is 0 Å². The standard InChI is InChI=1S/C17H33N3O/c1-14(15-7-6-10-18-12-15)11-16(21)19-13-17(20(2)3)8-4-5-9-17/h14-15,18H,4-13H2,1-3H3,(H,19,21). The first-order valence-electron chi connectivity index (χ1n) is 8.68. The fourth-order valence-corrected chi connectivity index (χ4v) is 3.97. The van der Waals surface area contributed by atoms with Gasteiger partial charge < -0.3 is 15.5 Å². The minimum Gasteiger partial charge on any atom is -0.354 e. The van der Waals surface area contributed by atoms with Crippen LogP contribution in [-0.4, -0.2) is 50.1 Å². The number of nitrogens with zero attached hydrogens (tertiary/aromatic N) is 1. The SMILES string of the molecule is CC(CC(=O)NCC1(N(C)C)CCCC1)C1CCCNC1. The number of rotatable bonds is 6. The van der Waals surface area contributed by atoms with Gasteiger partial charge in [0.2, 0.25) is 5.91 Å². The summed E-state index contributed by atoms with van der Waals surface area (Å²) in [5.74, 6) is 1.39. The molecule has 1 saturated carbocycles. The number of likely N-dealkylation sites (N-methyl/N-ethyl adjacent to an activating group) is 1. The summed E-state index contributed by atoms with van der Waals surface area (Å²) in [7, 11) is 4.29. The Morgan fingerprint density at radius 2 is 2.05 bits per heavy atom. The molecule has 2 unspecified atom stereocenters. The molecule has 2 rings (SSSR count). The Morgan fingerprint density at radius 1 is 1.33 bits per heavy atom. The van der Waals surface area contributed by atoms with Gasteiger partial charge in [0.1, 0.15) is 0 Å². The van der Waals surface area contributed by atoms with Crippen LogP contribution in [0.4, 0.5) is 0 Å². The highest BCUT2D eigenvalue weighted by molar-refractivity contribution is 5.76. The van der Waals surface area contributed by atoms with Crippen LogP contribution in [0, 0.1) is 11.8 Å². The first-order valence-corrected chi connectivity index (χ1v) is 8.68. The van der Waals surface area contributed by atoms with Gasteiger partial charge in [-0.3, -0.25) is 4.79 Å². The molecule has 2 atom stereocenters. The molecule has 0 aromatic rings. The summed E-state index contributed by atoms with van der Waals surface area (Å²) >= 11 is 0. The summed E-state index contributed by atoms with van der Waals surface area (Å²) in [4.78, 5) is 14.6. The molecule has 4 nitrogen and oxygen atoms in total. The van der Waals surface area contributed by atoms with Crippen molar-refractivity contribution >= 4 is 5.91 Å².